The van der Waals surface area contributed by atoms with E-state index >= 15 is 0 Å². The van der Waals surface area contributed by atoms with Gasteiger partial charge in [0.1, 0.15) is 0 Å². The molecule has 1 aliphatic rings. The monoisotopic (exact) mass is 262 g/mol. The van der Waals surface area contributed by atoms with Crippen LogP contribution in [0.25, 0.3) is 0 Å². The molecule has 4 heteroatoms. The van der Waals surface area contributed by atoms with E-state index in [1.165, 1.54) is 0 Å². The largest absolute Gasteiger partial charge is 0.398 e. The van der Waals surface area contributed by atoms with Gasteiger partial charge in [-0.1, -0.05) is 13.0 Å². The lowest BCUT2D eigenvalue weighted by Crippen LogP contribution is -2.42. The van der Waals surface area contributed by atoms with Gasteiger partial charge in [0, 0.05) is 18.5 Å². The van der Waals surface area contributed by atoms with Crippen LogP contribution in [-0.2, 0) is 16.0 Å². The molecule has 0 aliphatic heterocycles. The van der Waals surface area contributed by atoms with Crippen molar-refractivity contribution in [2.45, 2.75) is 44.6 Å². The van der Waals surface area contributed by atoms with Crippen molar-refractivity contribution < 1.29 is 9.53 Å². The van der Waals surface area contributed by atoms with Crippen molar-refractivity contribution in [1.82, 2.24) is 0 Å². The Hall–Kier alpha value is -1.55. The lowest BCUT2D eigenvalue weighted by molar-refractivity contribution is -0.129. The van der Waals surface area contributed by atoms with Crippen molar-refractivity contribution in [1.29, 1.82) is 0 Å². The van der Waals surface area contributed by atoms with Crippen LogP contribution in [0.5, 0.6) is 0 Å². The Morgan fingerprint density at radius 3 is 2.68 bits per heavy atom. The highest BCUT2D eigenvalue weighted by Gasteiger charge is 2.38. The van der Waals surface area contributed by atoms with E-state index in [2.05, 4.69) is 12.2 Å². The molecule has 104 valence electrons. The second-order valence-electron chi connectivity index (χ2n) is 5.23. The number of aryl methyl sites for hydroxylation is 1. The first-order chi connectivity index (χ1) is 9.08. The van der Waals surface area contributed by atoms with Crippen LogP contribution in [0.2, 0.25) is 0 Å². The summed E-state index contributed by atoms with van der Waals surface area (Å²) in [5, 5.41) is 2.89. The normalized spacial score (nSPS) is 16.7. The second kappa shape index (κ2) is 5.61. The summed E-state index contributed by atoms with van der Waals surface area (Å²) in [6.07, 6.45) is 4.38. The Morgan fingerprint density at radius 1 is 1.47 bits per heavy atom. The molecule has 3 N–H and O–H groups in total. The van der Waals surface area contributed by atoms with Gasteiger partial charge in [0.05, 0.1) is 12.0 Å². The molecule has 0 spiro atoms. The second-order valence-corrected chi connectivity index (χ2v) is 5.23. The van der Waals surface area contributed by atoms with Crippen LogP contribution in [0, 0.1) is 0 Å². The molecule has 1 saturated carbocycles. The molecule has 0 radical (unpaired) electrons. The predicted molar refractivity (Wildman–Crippen MR) is 77.1 cm³/mol. The van der Waals surface area contributed by atoms with E-state index in [4.69, 9.17) is 10.5 Å². The van der Waals surface area contributed by atoms with Gasteiger partial charge in [-0.2, -0.15) is 0 Å². The van der Waals surface area contributed by atoms with Crippen molar-refractivity contribution in [3.8, 4) is 0 Å². The lowest BCUT2D eigenvalue weighted by Gasteiger charge is -2.39. The topological polar surface area (TPSA) is 64.3 Å². The lowest BCUT2D eigenvalue weighted by atomic mass is 9.77. The Morgan fingerprint density at radius 2 is 2.21 bits per heavy atom. The number of carbonyl (C=O) groups excluding carboxylic acids is 1. The standard InChI is InChI=1S/C15H22N2O2/c1-3-11-5-6-12(9-13(11)16)17-14(18)10-15(19-2)7-4-8-15/h5-6,9H,3-4,7-8,10,16H2,1-2H3,(H,17,18). The van der Waals surface area contributed by atoms with Gasteiger partial charge in [-0.3, -0.25) is 4.79 Å². The maximum Gasteiger partial charge on any atom is 0.227 e. The Bertz CT molecular complexity index is 462. The zero-order valence-electron chi connectivity index (χ0n) is 11.7. The summed E-state index contributed by atoms with van der Waals surface area (Å²) in [5.41, 5.74) is 8.27. The zero-order valence-corrected chi connectivity index (χ0v) is 11.7. The first kappa shape index (κ1) is 13.9. The number of methoxy groups -OCH3 is 1. The fourth-order valence-corrected chi connectivity index (χ4v) is 2.52. The third-order valence-corrected chi connectivity index (χ3v) is 3.99. The van der Waals surface area contributed by atoms with Gasteiger partial charge < -0.3 is 15.8 Å². The van der Waals surface area contributed by atoms with Crippen molar-refractivity contribution >= 4 is 17.3 Å². The summed E-state index contributed by atoms with van der Waals surface area (Å²) in [5.74, 6) is -0.00908. The summed E-state index contributed by atoms with van der Waals surface area (Å²) in [7, 11) is 1.68. The average molecular weight is 262 g/mol. The number of rotatable bonds is 5. The number of nitrogens with one attached hydrogen (secondary N) is 1. The van der Waals surface area contributed by atoms with Crippen molar-refractivity contribution in [3.05, 3.63) is 23.8 Å². The molecule has 1 amide bonds. The molecule has 0 bridgehead atoms. The number of carbonyl (C=O) groups is 1. The minimum Gasteiger partial charge on any atom is -0.398 e. The first-order valence-corrected chi connectivity index (χ1v) is 6.82. The highest BCUT2D eigenvalue weighted by Crippen LogP contribution is 2.38. The van der Waals surface area contributed by atoms with Gasteiger partial charge in [-0.15, -0.1) is 0 Å². The molecule has 1 fully saturated rings. The van der Waals surface area contributed by atoms with Gasteiger partial charge >= 0.3 is 0 Å². The van der Waals surface area contributed by atoms with E-state index in [1.807, 2.05) is 18.2 Å². The van der Waals surface area contributed by atoms with Gasteiger partial charge in [0.15, 0.2) is 0 Å². The summed E-state index contributed by atoms with van der Waals surface area (Å²) < 4.78 is 5.46. The van der Waals surface area contributed by atoms with Crippen LogP contribution in [0.3, 0.4) is 0 Å². The molecule has 0 atom stereocenters. The number of anilines is 2. The quantitative estimate of drug-likeness (QED) is 0.802. The minimum absolute atomic E-state index is 0.00908. The molecule has 0 heterocycles. The SMILES string of the molecule is CCc1ccc(NC(=O)CC2(OC)CCC2)cc1N. The van der Waals surface area contributed by atoms with Crippen LogP contribution >= 0.6 is 0 Å². The maximum absolute atomic E-state index is 12.0. The van der Waals surface area contributed by atoms with E-state index in [1.54, 1.807) is 7.11 Å². The third kappa shape index (κ3) is 3.07. The van der Waals surface area contributed by atoms with Crippen molar-refractivity contribution in [2.75, 3.05) is 18.2 Å². The molecule has 0 saturated heterocycles. The summed E-state index contributed by atoms with van der Waals surface area (Å²) >= 11 is 0. The molecule has 0 unspecified atom stereocenters. The van der Waals surface area contributed by atoms with E-state index in [0.29, 0.717) is 6.42 Å². The van der Waals surface area contributed by atoms with Gasteiger partial charge in [0.25, 0.3) is 0 Å². The highest BCUT2D eigenvalue weighted by molar-refractivity contribution is 5.92. The molecule has 1 aliphatic carbocycles. The van der Waals surface area contributed by atoms with Crippen LogP contribution in [-0.4, -0.2) is 18.6 Å². The van der Waals surface area contributed by atoms with Gasteiger partial charge in [-0.05, 0) is 43.4 Å². The zero-order chi connectivity index (χ0) is 13.9. The molecular formula is C15H22N2O2. The van der Waals surface area contributed by atoms with E-state index in [-0.39, 0.29) is 11.5 Å². The smallest absolute Gasteiger partial charge is 0.227 e. The van der Waals surface area contributed by atoms with Crippen LogP contribution in [0.15, 0.2) is 18.2 Å². The summed E-state index contributed by atoms with van der Waals surface area (Å²) in [4.78, 5) is 12.0. The predicted octanol–water partition coefficient (Wildman–Crippen LogP) is 2.73. The molecule has 2 rings (SSSR count). The van der Waals surface area contributed by atoms with Gasteiger partial charge in [-0.25, -0.2) is 0 Å². The summed E-state index contributed by atoms with van der Waals surface area (Å²) in [6.45, 7) is 2.06. The number of benzene rings is 1. The minimum atomic E-state index is -0.237. The number of ether oxygens (including phenoxy) is 1. The van der Waals surface area contributed by atoms with Crippen molar-refractivity contribution in [2.24, 2.45) is 0 Å². The number of hydrogen-bond donors (Lipinski definition) is 2. The Labute approximate surface area is 114 Å². The fraction of sp³-hybridized carbons (Fsp3) is 0.533. The molecular weight excluding hydrogens is 240 g/mol. The summed E-state index contributed by atoms with van der Waals surface area (Å²) in [6, 6.07) is 5.67. The Kier molecular flexibility index (Phi) is 4.10. The number of nitrogen functional groups attached to an aromatic ring is 1. The molecule has 1 aromatic carbocycles. The third-order valence-electron chi connectivity index (χ3n) is 3.99. The maximum atomic E-state index is 12.0. The first-order valence-electron chi connectivity index (χ1n) is 6.82. The van der Waals surface area contributed by atoms with Crippen LogP contribution in [0.1, 0.15) is 38.2 Å². The molecule has 19 heavy (non-hydrogen) atoms. The average Bonchev–Trinajstić information content (AvgIpc) is 2.34. The number of nitrogens with two attached hydrogens (primary N) is 1. The fourth-order valence-electron chi connectivity index (χ4n) is 2.52. The van der Waals surface area contributed by atoms with Crippen LogP contribution in [0.4, 0.5) is 11.4 Å². The molecule has 0 aromatic heterocycles. The number of amides is 1. The van der Waals surface area contributed by atoms with E-state index in [9.17, 15) is 4.79 Å². The Balaban J connectivity index is 1.97. The van der Waals surface area contributed by atoms with Gasteiger partial charge in [0.2, 0.25) is 5.91 Å². The van der Waals surface area contributed by atoms with E-state index < -0.39 is 0 Å². The number of hydrogen-bond acceptors (Lipinski definition) is 3. The highest BCUT2D eigenvalue weighted by atomic mass is 16.5. The van der Waals surface area contributed by atoms with Crippen molar-refractivity contribution in [3.63, 3.8) is 0 Å². The molecule has 1 aromatic rings. The van der Waals surface area contributed by atoms with E-state index in [0.717, 1.165) is 42.6 Å². The molecule has 4 nitrogen and oxygen atoms in total. The van der Waals surface area contributed by atoms with Crippen LogP contribution < -0.4 is 11.1 Å².